The second-order valence-corrected chi connectivity index (χ2v) is 6.21. The van der Waals surface area contributed by atoms with Crippen LogP contribution in [0.3, 0.4) is 0 Å². The van der Waals surface area contributed by atoms with Crippen LogP contribution in [0.25, 0.3) is 0 Å². The van der Waals surface area contributed by atoms with Crippen molar-refractivity contribution < 1.29 is 4.79 Å². The van der Waals surface area contributed by atoms with Crippen molar-refractivity contribution in [3.8, 4) is 0 Å². The van der Waals surface area contributed by atoms with E-state index in [1.54, 1.807) is 0 Å². The average Bonchev–Trinajstić information content (AvgIpc) is 2.46. The number of nitrogens with zero attached hydrogens (tertiary/aromatic N) is 1. The molecule has 0 saturated carbocycles. The van der Waals surface area contributed by atoms with Crippen LogP contribution in [0.2, 0.25) is 0 Å². The first-order valence-corrected chi connectivity index (χ1v) is 8.45. The van der Waals surface area contributed by atoms with Gasteiger partial charge in [-0.25, -0.2) is 0 Å². The predicted octanol–water partition coefficient (Wildman–Crippen LogP) is 4.13. The fourth-order valence-corrected chi connectivity index (χ4v) is 3.49. The summed E-state index contributed by atoms with van der Waals surface area (Å²) < 4.78 is 0. The van der Waals surface area contributed by atoms with Crippen LogP contribution in [0.1, 0.15) is 44.2 Å². The van der Waals surface area contributed by atoms with Gasteiger partial charge in [0.25, 0.3) is 5.24 Å². The third-order valence-electron chi connectivity index (χ3n) is 4.24. The Morgan fingerprint density at radius 3 is 2.67 bits per heavy atom. The van der Waals surface area contributed by atoms with Gasteiger partial charge in [-0.05, 0) is 62.4 Å². The van der Waals surface area contributed by atoms with Gasteiger partial charge in [-0.15, -0.1) is 0 Å². The van der Waals surface area contributed by atoms with E-state index in [-0.39, 0.29) is 5.24 Å². The molecule has 1 unspecified atom stereocenters. The smallest absolute Gasteiger partial charge is 0.280 e. The van der Waals surface area contributed by atoms with Crippen LogP contribution in [0, 0.1) is 0 Å². The molecule has 4 heteroatoms. The Morgan fingerprint density at radius 2 is 2.05 bits per heavy atom. The summed E-state index contributed by atoms with van der Waals surface area (Å²) in [5.74, 6) is 0. The van der Waals surface area contributed by atoms with E-state index >= 15 is 0 Å². The largest absolute Gasteiger partial charge is 0.317 e. The molecule has 0 aliphatic heterocycles. The number of hydrogen-bond acceptors (Lipinski definition) is 2. The lowest BCUT2D eigenvalue weighted by Gasteiger charge is -2.35. The maximum absolute atomic E-state index is 11.3. The summed E-state index contributed by atoms with van der Waals surface area (Å²) in [6, 6.07) is 6.78. The van der Waals surface area contributed by atoms with Gasteiger partial charge in [0.05, 0.1) is 0 Å². The second kappa shape index (κ2) is 7.85. The summed E-state index contributed by atoms with van der Waals surface area (Å²) in [5, 5.41) is 2.58. The van der Waals surface area contributed by atoms with Crippen LogP contribution in [-0.4, -0.2) is 29.3 Å². The summed E-state index contributed by atoms with van der Waals surface area (Å²) in [6.07, 6.45) is 5.72. The number of benzene rings is 1. The minimum atomic E-state index is -0.288. The number of amides is 1. The molecule has 1 atom stereocenters. The van der Waals surface area contributed by atoms with Gasteiger partial charge >= 0.3 is 0 Å². The molecule has 1 aromatic rings. The lowest BCUT2D eigenvalue weighted by molar-refractivity contribution is 0.180. The van der Waals surface area contributed by atoms with Gasteiger partial charge in [-0.1, -0.05) is 38.6 Å². The molecule has 0 spiro atoms. The van der Waals surface area contributed by atoms with Crippen LogP contribution in [0.4, 0.5) is 10.5 Å². The first kappa shape index (κ1) is 16.4. The highest BCUT2D eigenvalue weighted by atomic mass is 32.1. The molecule has 1 amide bonds. The highest BCUT2D eigenvalue weighted by Gasteiger charge is 2.25. The Bertz CT molecular complexity index is 484. The molecule has 2 rings (SSSR count). The van der Waals surface area contributed by atoms with Crippen LogP contribution in [0.15, 0.2) is 18.2 Å². The zero-order chi connectivity index (χ0) is 15.2. The van der Waals surface area contributed by atoms with Crippen LogP contribution >= 0.6 is 12.6 Å². The van der Waals surface area contributed by atoms with Crippen molar-refractivity contribution in [3.05, 3.63) is 29.3 Å². The van der Waals surface area contributed by atoms with Gasteiger partial charge in [0.15, 0.2) is 0 Å². The fourth-order valence-electron chi connectivity index (χ4n) is 3.37. The van der Waals surface area contributed by atoms with Gasteiger partial charge in [-0.3, -0.25) is 4.79 Å². The van der Waals surface area contributed by atoms with Crippen molar-refractivity contribution in [2.24, 2.45) is 0 Å². The van der Waals surface area contributed by atoms with Crippen molar-refractivity contribution in [1.82, 2.24) is 4.90 Å². The first-order valence-electron chi connectivity index (χ1n) is 8.00. The molecule has 1 aliphatic rings. The highest BCUT2D eigenvalue weighted by Crippen LogP contribution is 2.30. The molecule has 0 radical (unpaired) electrons. The predicted molar refractivity (Wildman–Crippen MR) is 92.4 cm³/mol. The molecule has 1 N–H and O–H groups in total. The minimum Gasteiger partial charge on any atom is -0.317 e. The number of rotatable bonds is 6. The lowest BCUT2D eigenvalue weighted by Crippen LogP contribution is -2.40. The maximum atomic E-state index is 11.3. The van der Waals surface area contributed by atoms with E-state index in [9.17, 15) is 4.79 Å². The first-order chi connectivity index (χ1) is 10.2. The zero-order valence-corrected chi connectivity index (χ0v) is 14.0. The van der Waals surface area contributed by atoms with E-state index in [4.69, 9.17) is 0 Å². The number of nitrogens with one attached hydrogen (secondary N) is 1. The highest BCUT2D eigenvalue weighted by molar-refractivity contribution is 7.96. The summed E-state index contributed by atoms with van der Waals surface area (Å²) in [7, 11) is 0. The van der Waals surface area contributed by atoms with Crippen LogP contribution < -0.4 is 5.32 Å². The quantitative estimate of drug-likeness (QED) is 0.775. The van der Waals surface area contributed by atoms with Crippen LogP contribution in [-0.2, 0) is 12.8 Å². The molecule has 1 aliphatic carbocycles. The molecule has 0 fully saturated rings. The molecule has 0 saturated heterocycles. The molecule has 0 heterocycles. The monoisotopic (exact) mass is 306 g/mol. The Morgan fingerprint density at radius 1 is 1.33 bits per heavy atom. The van der Waals surface area contributed by atoms with E-state index in [2.05, 4.69) is 42.8 Å². The zero-order valence-electron chi connectivity index (χ0n) is 13.1. The molecule has 116 valence electrons. The van der Waals surface area contributed by atoms with Crippen molar-refractivity contribution in [1.29, 1.82) is 0 Å². The number of aryl methyl sites for hydroxylation is 1. The van der Waals surface area contributed by atoms with E-state index in [0.717, 1.165) is 31.6 Å². The Labute approximate surface area is 133 Å². The summed E-state index contributed by atoms with van der Waals surface area (Å²) in [4.78, 5) is 13.9. The van der Waals surface area contributed by atoms with E-state index in [1.807, 2.05) is 12.1 Å². The SMILES string of the molecule is CCCN(CCC)C1CCc2cccc(NC(=O)S)c2C1. The van der Waals surface area contributed by atoms with Gasteiger partial charge in [0, 0.05) is 11.7 Å². The number of fused-ring (bicyclic) bond motifs is 1. The summed E-state index contributed by atoms with van der Waals surface area (Å²) in [6.45, 7) is 6.81. The number of carbonyl (C=O) groups is 1. The summed E-state index contributed by atoms with van der Waals surface area (Å²) >= 11 is 3.85. The normalized spacial score (nSPS) is 17.6. The molecular weight excluding hydrogens is 280 g/mol. The van der Waals surface area contributed by atoms with E-state index in [1.165, 1.54) is 30.4 Å². The van der Waals surface area contributed by atoms with Gasteiger partial charge < -0.3 is 10.2 Å². The minimum absolute atomic E-state index is 0.288. The lowest BCUT2D eigenvalue weighted by atomic mass is 9.86. The number of hydrogen-bond donors (Lipinski definition) is 2. The Hall–Kier alpha value is -1.00. The Kier molecular flexibility index (Phi) is 6.12. The van der Waals surface area contributed by atoms with Crippen molar-refractivity contribution in [2.75, 3.05) is 18.4 Å². The average molecular weight is 306 g/mol. The molecule has 3 nitrogen and oxygen atoms in total. The van der Waals surface area contributed by atoms with Crippen molar-refractivity contribution >= 4 is 23.6 Å². The third kappa shape index (κ3) is 4.24. The standard InChI is InChI=1S/C17H26N2OS/c1-3-10-19(11-4-2)14-9-8-13-6-5-7-16(15(13)12-14)18-17(20)21/h5-7,14H,3-4,8-12H2,1-2H3,(H2,18,20,21). The number of thiol groups is 1. The molecule has 1 aromatic carbocycles. The second-order valence-electron chi connectivity index (χ2n) is 5.81. The molecule has 0 bridgehead atoms. The number of carbonyl (C=O) groups excluding carboxylic acids is 1. The fraction of sp³-hybridized carbons (Fsp3) is 0.588. The molecular formula is C17H26N2OS. The van der Waals surface area contributed by atoms with Crippen LogP contribution in [0.5, 0.6) is 0 Å². The van der Waals surface area contributed by atoms with Crippen molar-refractivity contribution in [2.45, 2.75) is 52.0 Å². The molecule has 21 heavy (non-hydrogen) atoms. The summed E-state index contributed by atoms with van der Waals surface area (Å²) in [5.41, 5.74) is 3.61. The maximum Gasteiger partial charge on any atom is 0.280 e. The van der Waals surface area contributed by atoms with Gasteiger partial charge in [-0.2, -0.15) is 0 Å². The van der Waals surface area contributed by atoms with E-state index < -0.39 is 0 Å². The third-order valence-corrected chi connectivity index (χ3v) is 4.35. The van der Waals surface area contributed by atoms with Gasteiger partial charge in [0.1, 0.15) is 0 Å². The molecule has 0 aromatic heterocycles. The van der Waals surface area contributed by atoms with Crippen molar-refractivity contribution in [3.63, 3.8) is 0 Å². The number of anilines is 1. The van der Waals surface area contributed by atoms with E-state index in [0.29, 0.717) is 6.04 Å². The van der Waals surface area contributed by atoms with Gasteiger partial charge in [0.2, 0.25) is 0 Å². The topological polar surface area (TPSA) is 32.3 Å². The Balaban J connectivity index is 2.19.